The summed E-state index contributed by atoms with van der Waals surface area (Å²) in [6.07, 6.45) is 0.642. The van der Waals surface area contributed by atoms with Gasteiger partial charge in [0, 0.05) is 55.9 Å². The molecule has 0 bridgehead atoms. The number of aryl methyl sites for hydroxylation is 1. The van der Waals surface area contributed by atoms with Crippen molar-refractivity contribution in [3.05, 3.63) is 53.6 Å². The Hall–Kier alpha value is -3.20. The molecule has 0 saturated carbocycles. The molecular weight excluding hydrogens is 365 g/mol. The van der Waals surface area contributed by atoms with E-state index < -0.39 is 17.9 Å². The highest BCUT2D eigenvalue weighted by Gasteiger charge is 2.21. The fourth-order valence-corrected chi connectivity index (χ4v) is 3.04. The fourth-order valence-electron chi connectivity index (χ4n) is 3.04. The average molecular weight is 387 g/mol. The number of benzene rings is 1. The zero-order valence-electron chi connectivity index (χ0n) is 15.5. The van der Waals surface area contributed by atoms with Gasteiger partial charge in [-0.05, 0) is 25.1 Å². The topological polar surface area (TPSA) is 97.8 Å². The molecule has 148 valence electrons. The number of hydrogen-bond donors (Lipinski definition) is 3. The van der Waals surface area contributed by atoms with Gasteiger partial charge in [-0.2, -0.15) is 0 Å². The number of urea groups is 1. The molecular formula is C19H22FN5O3. The van der Waals surface area contributed by atoms with Crippen LogP contribution in [0.3, 0.4) is 0 Å². The van der Waals surface area contributed by atoms with Crippen molar-refractivity contribution in [2.45, 2.75) is 13.5 Å². The highest BCUT2D eigenvalue weighted by Crippen LogP contribution is 2.20. The van der Waals surface area contributed by atoms with Gasteiger partial charge >= 0.3 is 12.1 Å². The highest BCUT2D eigenvalue weighted by molar-refractivity contribution is 5.99. The summed E-state index contributed by atoms with van der Waals surface area (Å²) < 4.78 is 14.8. The van der Waals surface area contributed by atoms with E-state index in [-0.39, 0.29) is 5.69 Å². The molecule has 3 amide bonds. The molecule has 0 unspecified atom stereocenters. The quantitative estimate of drug-likeness (QED) is 0.749. The van der Waals surface area contributed by atoms with Gasteiger partial charge in [-0.25, -0.2) is 14.0 Å². The van der Waals surface area contributed by atoms with E-state index in [0.29, 0.717) is 44.0 Å². The molecule has 1 fully saturated rings. The van der Waals surface area contributed by atoms with Gasteiger partial charge in [-0.15, -0.1) is 0 Å². The van der Waals surface area contributed by atoms with Gasteiger partial charge in [0.1, 0.15) is 0 Å². The Morgan fingerprint density at radius 3 is 2.61 bits per heavy atom. The van der Waals surface area contributed by atoms with Gasteiger partial charge in [0.2, 0.25) is 0 Å². The van der Waals surface area contributed by atoms with Gasteiger partial charge in [0.15, 0.2) is 5.82 Å². The lowest BCUT2D eigenvalue weighted by atomic mass is 10.1. The molecule has 1 aromatic carbocycles. The Bertz CT molecular complexity index is 868. The van der Waals surface area contributed by atoms with Crippen molar-refractivity contribution in [1.29, 1.82) is 0 Å². The average Bonchev–Trinajstić information content (AvgIpc) is 2.65. The molecule has 2 heterocycles. The number of halogens is 1. The SMILES string of the molecule is Cc1cc(NC(=O)Nc2cccc(CN3CCN(C(=O)O)CC3)c2F)ccn1. The normalized spacial score (nSPS) is 14.6. The first-order chi connectivity index (χ1) is 13.4. The molecule has 0 aliphatic carbocycles. The predicted octanol–water partition coefficient (Wildman–Crippen LogP) is 2.97. The number of carbonyl (C=O) groups is 2. The van der Waals surface area contributed by atoms with Crippen LogP contribution in [-0.4, -0.2) is 58.2 Å². The van der Waals surface area contributed by atoms with E-state index in [0.717, 1.165) is 5.69 Å². The molecule has 1 aromatic heterocycles. The van der Waals surface area contributed by atoms with Gasteiger partial charge in [-0.1, -0.05) is 12.1 Å². The number of anilines is 2. The molecule has 3 N–H and O–H groups in total. The number of amides is 3. The molecule has 28 heavy (non-hydrogen) atoms. The van der Waals surface area contributed by atoms with Crippen LogP contribution in [0.25, 0.3) is 0 Å². The third kappa shape index (κ3) is 4.95. The summed E-state index contributed by atoms with van der Waals surface area (Å²) in [6.45, 7) is 4.00. The number of pyridine rings is 1. The van der Waals surface area contributed by atoms with Crippen LogP contribution in [0.1, 0.15) is 11.3 Å². The molecule has 1 aliphatic rings. The minimum atomic E-state index is -0.938. The molecule has 0 radical (unpaired) electrons. The van der Waals surface area contributed by atoms with E-state index in [4.69, 9.17) is 5.11 Å². The Morgan fingerprint density at radius 2 is 1.93 bits per heavy atom. The van der Waals surface area contributed by atoms with Crippen molar-refractivity contribution < 1.29 is 19.1 Å². The lowest BCUT2D eigenvalue weighted by molar-refractivity contribution is 0.102. The summed E-state index contributed by atoms with van der Waals surface area (Å²) in [5, 5.41) is 14.2. The first-order valence-electron chi connectivity index (χ1n) is 8.90. The van der Waals surface area contributed by atoms with Crippen molar-refractivity contribution >= 4 is 23.5 Å². The Kier molecular flexibility index (Phi) is 6.05. The van der Waals surface area contributed by atoms with Gasteiger partial charge in [0.05, 0.1) is 5.69 Å². The van der Waals surface area contributed by atoms with E-state index in [1.165, 1.54) is 11.0 Å². The molecule has 0 atom stereocenters. The van der Waals surface area contributed by atoms with Crippen LogP contribution in [-0.2, 0) is 6.54 Å². The van der Waals surface area contributed by atoms with Crippen molar-refractivity contribution in [2.75, 3.05) is 36.8 Å². The highest BCUT2D eigenvalue weighted by atomic mass is 19.1. The van der Waals surface area contributed by atoms with Gasteiger partial charge in [-0.3, -0.25) is 9.88 Å². The van der Waals surface area contributed by atoms with Crippen LogP contribution in [0.15, 0.2) is 36.5 Å². The standard InChI is InChI=1S/C19H22FN5O3/c1-13-11-15(5-6-21-13)22-18(26)23-16-4-2-3-14(17(16)20)12-24-7-9-25(10-8-24)19(27)28/h2-6,11H,7-10,12H2,1H3,(H,27,28)(H2,21,22,23,26). The lowest BCUT2D eigenvalue weighted by Crippen LogP contribution is -2.47. The van der Waals surface area contributed by atoms with Crippen LogP contribution in [0.5, 0.6) is 0 Å². The molecule has 0 spiro atoms. The molecule has 8 nitrogen and oxygen atoms in total. The number of hydrogen-bond acceptors (Lipinski definition) is 4. The second-order valence-electron chi connectivity index (χ2n) is 6.59. The molecule has 1 saturated heterocycles. The second kappa shape index (κ2) is 8.66. The Labute approximate surface area is 162 Å². The fraction of sp³-hybridized carbons (Fsp3) is 0.316. The van der Waals surface area contributed by atoms with Gasteiger partial charge in [0.25, 0.3) is 0 Å². The van der Waals surface area contributed by atoms with E-state index >= 15 is 0 Å². The van der Waals surface area contributed by atoms with E-state index in [1.54, 1.807) is 30.5 Å². The summed E-state index contributed by atoms with van der Waals surface area (Å²) in [6, 6.07) is 7.65. The first-order valence-corrected chi connectivity index (χ1v) is 8.90. The number of piperazine rings is 1. The summed E-state index contributed by atoms with van der Waals surface area (Å²) in [5.41, 5.74) is 1.86. The Balaban J connectivity index is 1.61. The zero-order chi connectivity index (χ0) is 20.1. The maximum absolute atomic E-state index is 14.8. The monoisotopic (exact) mass is 387 g/mol. The van der Waals surface area contributed by atoms with Crippen molar-refractivity contribution in [3.8, 4) is 0 Å². The van der Waals surface area contributed by atoms with Crippen LogP contribution in [0, 0.1) is 12.7 Å². The Morgan fingerprint density at radius 1 is 1.18 bits per heavy atom. The summed E-state index contributed by atoms with van der Waals surface area (Å²) in [4.78, 5) is 30.5. The maximum atomic E-state index is 14.8. The van der Waals surface area contributed by atoms with Crippen LogP contribution in [0.4, 0.5) is 25.4 Å². The smallest absolute Gasteiger partial charge is 0.407 e. The van der Waals surface area contributed by atoms with Gasteiger partial charge < -0.3 is 20.6 Å². The minimum Gasteiger partial charge on any atom is -0.465 e. The van der Waals surface area contributed by atoms with Crippen LogP contribution < -0.4 is 10.6 Å². The zero-order valence-corrected chi connectivity index (χ0v) is 15.5. The second-order valence-corrected chi connectivity index (χ2v) is 6.59. The maximum Gasteiger partial charge on any atom is 0.407 e. The number of carboxylic acid groups (broad SMARTS) is 1. The van der Waals surface area contributed by atoms with E-state index in [9.17, 15) is 14.0 Å². The number of nitrogens with one attached hydrogen (secondary N) is 2. The third-order valence-corrected chi connectivity index (χ3v) is 4.52. The number of rotatable bonds is 4. The molecule has 1 aliphatic heterocycles. The first kappa shape index (κ1) is 19.6. The lowest BCUT2D eigenvalue weighted by Gasteiger charge is -2.33. The number of nitrogens with zero attached hydrogens (tertiary/aromatic N) is 3. The number of aromatic nitrogens is 1. The van der Waals surface area contributed by atoms with E-state index in [1.807, 2.05) is 11.8 Å². The van der Waals surface area contributed by atoms with Crippen LogP contribution in [0.2, 0.25) is 0 Å². The van der Waals surface area contributed by atoms with Crippen molar-refractivity contribution in [3.63, 3.8) is 0 Å². The largest absolute Gasteiger partial charge is 0.465 e. The molecule has 3 rings (SSSR count). The van der Waals surface area contributed by atoms with Crippen molar-refractivity contribution in [2.24, 2.45) is 0 Å². The number of carbonyl (C=O) groups excluding carboxylic acids is 1. The third-order valence-electron chi connectivity index (χ3n) is 4.52. The summed E-state index contributed by atoms with van der Waals surface area (Å²) in [7, 11) is 0. The molecule has 2 aromatic rings. The summed E-state index contributed by atoms with van der Waals surface area (Å²) in [5.74, 6) is -0.496. The molecule has 9 heteroatoms. The van der Waals surface area contributed by atoms with E-state index in [2.05, 4.69) is 15.6 Å². The van der Waals surface area contributed by atoms with Crippen LogP contribution >= 0.6 is 0 Å². The minimum absolute atomic E-state index is 0.0879. The van der Waals surface area contributed by atoms with Crippen molar-refractivity contribution in [1.82, 2.24) is 14.8 Å². The predicted molar refractivity (Wildman–Crippen MR) is 103 cm³/mol. The summed E-state index contributed by atoms with van der Waals surface area (Å²) >= 11 is 0.